The van der Waals surface area contributed by atoms with Crippen molar-refractivity contribution in [2.75, 3.05) is 32.8 Å². The second kappa shape index (κ2) is 9.64. The predicted molar refractivity (Wildman–Crippen MR) is 132 cm³/mol. The van der Waals surface area contributed by atoms with Crippen LogP contribution in [0.3, 0.4) is 0 Å². The van der Waals surface area contributed by atoms with Crippen molar-refractivity contribution in [1.29, 1.82) is 0 Å². The molecule has 1 N–H and O–H groups in total. The van der Waals surface area contributed by atoms with Gasteiger partial charge < -0.3 is 19.4 Å². The quantitative estimate of drug-likeness (QED) is 0.703. The number of rotatable bonds is 5. The molecule has 2 aliphatic heterocycles. The highest BCUT2D eigenvalue weighted by Crippen LogP contribution is 2.59. The first-order valence-electron chi connectivity index (χ1n) is 12.8. The number of carbonyl (C=O) groups is 2. The molecule has 3 fully saturated rings. The zero-order valence-electron chi connectivity index (χ0n) is 20.7. The molecule has 0 radical (unpaired) electrons. The molecule has 1 aromatic heterocycles. The van der Waals surface area contributed by atoms with E-state index in [0.29, 0.717) is 42.8 Å². The van der Waals surface area contributed by atoms with Crippen molar-refractivity contribution < 1.29 is 18.7 Å². The lowest BCUT2D eigenvalue weighted by Gasteiger charge is -2.33. The Bertz CT molecular complexity index is 1160. The van der Waals surface area contributed by atoms with Crippen LogP contribution in [0.25, 0.3) is 11.0 Å². The minimum Gasteiger partial charge on any atom is -0.464 e. The van der Waals surface area contributed by atoms with Crippen LogP contribution in [-0.2, 0) is 16.1 Å². The second-order valence-corrected chi connectivity index (χ2v) is 10.5. The molecule has 188 valence electrons. The summed E-state index contributed by atoms with van der Waals surface area (Å²) in [5, 5.41) is 3.88. The van der Waals surface area contributed by atoms with Crippen LogP contribution in [0.15, 0.2) is 33.7 Å². The monoisotopic (exact) mass is 481 g/mol. The molecule has 8 heteroatoms. The van der Waals surface area contributed by atoms with Crippen LogP contribution in [0.2, 0.25) is 0 Å². The van der Waals surface area contributed by atoms with Gasteiger partial charge in [0.2, 0.25) is 5.91 Å². The van der Waals surface area contributed by atoms with Crippen LogP contribution in [0.4, 0.5) is 4.79 Å². The third kappa shape index (κ3) is 4.94. The first-order valence-corrected chi connectivity index (χ1v) is 12.8. The molecular weight excluding hydrogens is 446 g/mol. The third-order valence-electron chi connectivity index (χ3n) is 8.12. The standard InChI is InChI=1S/C27H35N3O5/c1-3-34-26(33)30-10-6-20(7-11-30)28-25(32)22-15-27(22)8-12-29(13-9-27)16-19-17-35-23-5-4-18(2)14-21(23)24(19)31/h4-5,14,17,20,22H,3,6-13,15-16H2,1-2H3,(H,28,32)/t22-/m1/s1. The lowest BCUT2D eigenvalue weighted by molar-refractivity contribution is -0.124. The van der Waals surface area contributed by atoms with Gasteiger partial charge in [0.05, 0.1) is 18.3 Å². The Morgan fingerprint density at radius 3 is 2.63 bits per heavy atom. The van der Waals surface area contributed by atoms with Gasteiger partial charge in [-0.3, -0.25) is 14.5 Å². The van der Waals surface area contributed by atoms with Gasteiger partial charge >= 0.3 is 6.09 Å². The first-order chi connectivity index (χ1) is 16.9. The molecule has 2 amide bonds. The van der Waals surface area contributed by atoms with Crippen molar-refractivity contribution in [3.63, 3.8) is 0 Å². The average Bonchev–Trinajstić information content (AvgIpc) is 3.57. The van der Waals surface area contributed by atoms with E-state index >= 15 is 0 Å². The SMILES string of the molecule is CCOC(=O)N1CCC(NC(=O)[C@H]2CC23CCN(Cc2coc4ccc(C)cc4c2=O)CC3)CC1. The third-order valence-corrected chi connectivity index (χ3v) is 8.12. The van der Waals surface area contributed by atoms with Gasteiger partial charge in [0.1, 0.15) is 5.58 Å². The molecule has 2 aromatic rings. The van der Waals surface area contributed by atoms with Crippen LogP contribution in [-0.4, -0.2) is 60.6 Å². The molecule has 1 atom stereocenters. The maximum atomic E-state index is 13.0. The highest BCUT2D eigenvalue weighted by Gasteiger charge is 2.58. The van der Waals surface area contributed by atoms with Crippen molar-refractivity contribution in [3.05, 3.63) is 45.8 Å². The Labute approximate surface area is 205 Å². The molecule has 3 aliphatic rings. The number of nitrogens with one attached hydrogen (secondary N) is 1. The van der Waals surface area contributed by atoms with Crippen LogP contribution >= 0.6 is 0 Å². The number of nitrogens with zero attached hydrogens (tertiary/aromatic N) is 2. The number of fused-ring (bicyclic) bond motifs is 1. The van der Waals surface area contributed by atoms with E-state index < -0.39 is 0 Å². The van der Waals surface area contributed by atoms with Gasteiger partial charge in [-0.1, -0.05) is 11.6 Å². The van der Waals surface area contributed by atoms with E-state index in [1.54, 1.807) is 11.2 Å². The fourth-order valence-electron chi connectivity index (χ4n) is 5.79. The Hall–Kier alpha value is -2.87. The molecule has 1 saturated carbocycles. The van der Waals surface area contributed by atoms with Gasteiger partial charge in [-0.2, -0.15) is 0 Å². The van der Waals surface area contributed by atoms with E-state index in [9.17, 15) is 14.4 Å². The first kappa shape index (κ1) is 23.9. The number of carbonyl (C=O) groups excluding carboxylic acids is 2. The fraction of sp³-hybridized carbons (Fsp3) is 0.593. The summed E-state index contributed by atoms with van der Waals surface area (Å²) in [6, 6.07) is 5.82. The molecule has 0 bridgehead atoms. The van der Waals surface area contributed by atoms with Crippen molar-refractivity contribution in [2.24, 2.45) is 11.3 Å². The normalized spacial score (nSPS) is 22.3. The highest BCUT2D eigenvalue weighted by atomic mass is 16.6. The summed E-state index contributed by atoms with van der Waals surface area (Å²) in [5.74, 6) is 0.250. The van der Waals surface area contributed by atoms with Crippen LogP contribution in [0.1, 0.15) is 50.2 Å². The molecule has 8 nitrogen and oxygen atoms in total. The van der Waals surface area contributed by atoms with E-state index in [-0.39, 0.29) is 34.8 Å². The average molecular weight is 482 g/mol. The molecule has 1 spiro atoms. The van der Waals surface area contributed by atoms with Crippen molar-refractivity contribution in [3.8, 4) is 0 Å². The minimum atomic E-state index is -0.262. The Morgan fingerprint density at radius 1 is 1.17 bits per heavy atom. The lowest BCUT2D eigenvalue weighted by atomic mass is 9.90. The summed E-state index contributed by atoms with van der Waals surface area (Å²) in [6.45, 7) is 7.75. The van der Waals surface area contributed by atoms with Crippen molar-refractivity contribution in [1.82, 2.24) is 15.1 Å². The van der Waals surface area contributed by atoms with Crippen molar-refractivity contribution >= 4 is 23.0 Å². The van der Waals surface area contributed by atoms with Crippen LogP contribution < -0.4 is 10.7 Å². The Balaban J connectivity index is 1.10. The van der Waals surface area contributed by atoms with E-state index in [1.807, 2.05) is 32.0 Å². The summed E-state index contributed by atoms with van der Waals surface area (Å²) >= 11 is 0. The minimum absolute atomic E-state index is 0.0490. The van der Waals surface area contributed by atoms with Gasteiger partial charge in [-0.15, -0.1) is 0 Å². The van der Waals surface area contributed by atoms with Gasteiger partial charge in [-0.05, 0) is 76.6 Å². The molecule has 0 unspecified atom stereocenters. The Kier molecular flexibility index (Phi) is 6.57. The maximum absolute atomic E-state index is 13.0. The van der Waals surface area contributed by atoms with Crippen molar-refractivity contribution in [2.45, 2.75) is 58.5 Å². The van der Waals surface area contributed by atoms with E-state index in [2.05, 4.69) is 10.2 Å². The molecule has 1 aromatic carbocycles. The number of benzene rings is 1. The highest BCUT2D eigenvalue weighted by molar-refractivity contribution is 5.83. The maximum Gasteiger partial charge on any atom is 0.409 e. The second-order valence-electron chi connectivity index (χ2n) is 10.5. The molecule has 3 heterocycles. The van der Waals surface area contributed by atoms with E-state index in [0.717, 1.165) is 50.8 Å². The number of likely N-dealkylation sites (tertiary alicyclic amines) is 2. The van der Waals surface area contributed by atoms with Gasteiger partial charge in [0.15, 0.2) is 5.43 Å². The number of hydrogen-bond acceptors (Lipinski definition) is 6. The van der Waals surface area contributed by atoms with Gasteiger partial charge in [0.25, 0.3) is 0 Å². The molecule has 5 rings (SSSR count). The van der Waals surface area contributed by atoms with Gasteiger partial charge in [0, 0.05) is 37.2 Å². The largest absolute Gasteiger partial charge is 0.464 e. The van der Waals surface area contributed by atoms with E-state index in [1.165, 1.54) is 0 Å². The number of hydrogen-bond donors (Lipinski definition) is 1. The van der Waals surface area contributed by atoms with Crippen LogP contribution in [0.5, 0.6) is 0 Å². The summed E-state index contributed by atoms with van der Waals surface area (Å²) in [4.78, 5) is 41.8. The molecule has 2 saturated heterocycles. The smallest absolute Gasteiger partial charge is 0.409 e. The van der Waals surface area contributed by atoms with Gasteiger partial charge in [-0.25, -0.2) is 4.79 Å². The fourth-order valence-corrected chi connectivity index (χ4v) is 5.79. The predicted octanol–water partition coefficient (Wildman–Crippen LogP) is 3.44. The number of ether oxygens (including phenoxy) is 1. The van der Waals surface area contributed by atoms with E-state index in [4.69, 9.17) is 9.15 Å². The summed E-state index contributed by atoms with van der Waals surface area (Å²) in [5.41, 5.74) is 2.52. The summed E-state index contributed by atoms with van der Waals surface area (Å²) in [7, 11) is 0. The van der Waals surface area contributed by atoms with Crippen LogP contribution in [0, 0.1) is 18.3 Å². The molecule has 1 aliphatic carbocycles. The lowest BCUT2D eigenvalue weighted by Crippen LogP contribution is -2.47. The zero-order chi connectivity index (χ0) is 24.6. The number of piperidine rings is 2. The number of aryl methyl sites for hydroxylation is 1. The number of amides is 2. The summed E-state index contributed by atoms with van der Waals surface area (Å²) < 4.78 is 10.8. The molecule has 35 heavy (non-hydrogen) atoms. The summed E-state index contributed by atoms with van der Waals surface area (Å²) in [6.07, 6.45) is 5.78. The molecular formula is C27H35N3O5. The topological polar surface area (TPSA) is 92.1 Å². The Morgan fingerprint density at radius 2 is 1.91 bits per heavy atom. The zero-order valence-corrected chi connectivity index (χ0v) is 20.7.